The molecule has 0 aromatic heterocycles. The maximum absolute atomic E-state index is 12.4. The van der Waals surface area contributed by atoms with Crippen LogP contribution >= 0.6 is 0 Å². The monoisotopic (exact) mass is 478 g/mol. The summed E-state index contributed by atoms with van der Waals surface area (Å²) < 4.78 is 10.8. The Morgan fingerprint density at radius 2 is 0.722 bits per heavy atom. The number of aryl methyl sites for hydroxylation is 2. The van der Waals surface area contributed by atoms with Crippen LogP contribution in [0.2, 0.25) is 0 Å². The van der Waals surface area contributed by atoms with Crippen molar-refractivity contribution in [3.8, 4) is 11.5 Å². The second kappa shape index (κ2) is 10.0. The van der Waals surface area contributed by atoms with Crippen LogP contribution in [0, 0.1) is 13.8 Å². The molecule has 4 aromatic rings. The highest BCUT2D eigenvalue weighted by molar-refractivity contribution is 5.67. The zero-order valence-electron chi connectivity index (χ0n) is 22.0. The second-order valence-corrected chi connectivity index (χ2v) is 10.5. The Morgan fingerprint density at radius 3 is 1.00 bits per heavy atom. The van der Waals surface area contributed by atoms with Crippen molar-refractivity contribution in [2.75, 3.05) is 0 Å². The van der Waals surface area contributed by atoms with Crippen molar-refractivity contribution in [2.24, 2.45) is 0 Å². The van der Waals surface area contributed by atoms with Crippen molar-refractivity contribution >= 4 is 6.16 Å². The number of carbonyl (C=O) groups excluding carboxylic acids is 1. The van der Waals surface area contributed by atoms with E-state index in [1.807, 2.05) is 24.3 Å². The van der Waals surface area contributed by atoms with Crippen LogP contribution in [-0.4, -0.2) is 6.16 Å². The van der Waals surface area contributed by atoms with E-state index in [0.717, 1.165) is 11.1 Å². The number of rotatable bonds is 6. The van der Waals surface area contributed by atoms with E-state index < -0.39 is 6.16 Å². The largest absolute Gasteiger partial charge is 0.519 e. The maximum atomic E-state index is 12.4. The van der Waals surface area contributed by atoms with Crippen LogP contribution in [0.5, 0.6) is 11.5 Å². The van der Waals surface area contributed by atoms with Crippen molar-refractivity contribution in [3.63, 3.8) is 0 Å². The van der Waals surface area contributed by atoms with Crippen LogP contribution in [0.4, 0.5) is 4.79 Å². The zero-order valence-corrected chi connectivity index (χ0v) is 22.0. The molecule has 0 aliphatic carbocycles. The minimum atomic E-state index is -0.758. The molecule has 0 spiro atoms. The Kier molecular flexibility index (Phi) is 7.03. The van der Waals surface area contributed by atoms with Crippen LogP contribution in [0.1, 0.15) is 61.1 Å². The first-order valence-electron chi connectivity index (χ1n) is 12.3. The molecular weight excluding hydrogens is 444 g/mol. The number of carbonyl (C=O) groups is 1. The summed E-state index contributed by atoms with van der Waals surface area (Å²) in [6.45, 7) is 12.9. The van der Waals surface area contributed by atoms with Crippen molar-refractivity contribution < 1.29 is 14.3 Å². The maximum Gasteiger partial charge on any atom is 0.519 e. The molecule has 0 N–H and O–H groups in total. The molecule has 0 saturated carbocycles. The molecule has 4 rings (SSSR count). The van der Waals surface area contributed by atoms with Crippen molar-refractivity contribution in [1.29, 1.82) is 0 Å². The molecule has 0 aliphatic heterocycles. The predicted octanol–water partition coefficient (Wildman–Crippen LogP) is 8.53. The lowest BCUT2D eigenvalue weighted by Gasteiger charge is -2.26. The van der Waals surface area contributed by atoms with E-state index in [1.165, 1.54) is 22.3 Å². The van der Waals surface area contributed by atoms with Crippen LogP contribution < -0.4 is 9.47 Å². The molecule has 3 nitrogen and oxygen atoms in total. The van der Waals surface area contributed by atoms with Gasteiger partial charge >= 0.3 is 6.16 Å². The molecule has 0 fully saturated rings. The van der Waals surface area contributed by atoms with Gasteiger partial charge in [0.05, 0.1) is 0 Å². The minimum Gasteiger partial charge on any atom is -0.395 e. The van der Waals surface area contributed by atoms with Crippen molar-refractivity contribution in [2.45, 2.75) is 52.4 Å². The van der Waals surface area contributed by atoms with Gasteiger partial charge in [-0.25, -0.2) is 4.79 Å². The first-order chi connectivity index (χ1) is 17.1. The molecule has 0 heterocycles. The normalized spacial score (nSPS) is 11.7. The first-order valence-corrected chi connectivity index (χ1v) is 12.3. The molecule has 0 amide bonds. The highest BCUT2D eigenvalue weighted by Gasteiger charge is 2.24. The number of ether oxygens (including phenoxy) is 2. The summed E-state index contributed by atoms with van der Waals surface area (Å²) in [6, 6.07) is 32.3. The number of hydrogen-bond donors (Lipinski definition) is 0. The lowest BCUT2D eigenvalue weighted by Crippen LogP contribution is -2.19. The lowest BCUT2D eigenvalue weighted by atomic mass is 9.78. The molecule has 4 aromatic carbocycles. The molecular formula is C33H34O3. The van der Waals surface area contributed by atoms with E-state index in [4.69, 9.17) is 9.47 Å². The van der Waals surface area contributed by atoms with Crippen LogP contribution in [0.3, 0.4) is 0 Å². The molecule has 0 radical (unpaired) electrons. The van der Waals surface area contributed by atoms with Gasteiger partial charge in [-0.05, 0) is 60.4 Å². The predicted molar refractivity (Wildman–Crippen MR) is 146 cm³/mol. The van der Waals surface area contributed by atoms with Gasteiger partial charge < -0.3 is 9.47 Å². The van der Waals surface area contributed by atoms with Gasteiger partial charge in [0.2, 0.25) is 0 Å². The zero-order chi connectivity index (χ0) is 25.9. The molecule has 184 valence electrons. The van der Waals surface area contributed by atoms with E-state index in [0.29, 0.717) is 11.5 Å². The van der Waals surface area contributed by atoms with E-state index in [-0.39, 0.29) is 10.8 Å². The smallest absolute Gasteiger partial charge is 0.395 e. The van der Waals surface area contributed by atoms with Gasteiger partial charge in [-0.3, -0.25) is 0 Å². The third-order valence-corrected chi connectivity index (χ3v) is 7.10. The summed E-state index contributed by atoms with van der Waals surface area (Å²) in [5.74, 6) is 0.890. The van der Waals surface area contributed by atoms with Crippen LogP contribution in [0.25, 0.3) is 0 Å². The van der Waals surface area contributed by atoms with Crippen molar-refractivity contribution in [1.82, 2.24) is 0 Å². The van der Waals surface area contributed by atoms with Gasteiger partial charge in [0.1, 0.15) is 11.5 Å². The Hall–Kier alpha value is -3.85. The number of hydrogen-bond acceptors (Lipinski definition) is 3. The summed E-state index contributed by atoms with van der Waals surface area (Å²) in [4.78, 5) is 12.4. The molecule has 3 heteroatoms. The van der Waals surface area contributed by atoms with Gasteiger partial charge in [0, 0.05) is 10.8 Å². The van der Waals surface area contributed by atoms with Crippen molar-refractivity contribution in [3.05, 3.63) is 130 Å². The topological polar surface area (TPSA) is 35.5 Å². The Labute approximate surface area is 214 Å². The fraction of sp³-hybridized carbons (Fsp3) is 0.242. The fourth-order valence-electron chi connectivity index (χ4n) is 4.37. The van der Waals surface area contributed by atoms with E-state index in [1.54, 1.807) is 24.3 Å². The standard InChI is InChI=1S/C33H34O3/c1-23-7-11-25(12-8-23)32(3,4)27-15-19-29(20-16-27)35-31(34)36-30-21-17-28(18-22-30)33(5,6)26-13-9-24(2)10-14-26/h7-22H,1-6H3. The van der Waals surface area contributed by atoms with Gasteiger partial charge in [0.15, 0.2) is 0 Å². The summed E-state index contributed by atoms with van der Waals surface area (Å²) in [5, 5.41) is 0. The summed E-state index contributed by atoms with van der Waals surface area (Å²) in [6.07, 6.45) is -0.758. The Bertz CT molecular complexity index is 1210. The highest BCUT2D eigenvalue weighted by Crippen LogP contribution is 2.34. The Balaban J connectivity index is 1.39. The van der Waals surface area contributed by atoms with E-state index in [2.05, 4.69) is 90.1 Å². The van der Waals surface area contributed by atoms with Gasteiger partial charge in [0.25, 0.3) is 0 Å². The average Bonchev–Trinajstić information content (AvgIpc) is 2.85. The quantitative estimate of drug-likeness (QED) is 0.206. The third-order valence-electron chi connectivity index (χ3n) is 7.10. The lowest BCUT2D eigenvalue weighted by molar-refractivity contribution is 0.152. The molecule has 0 unspecified atom stereocenters. The summed E-state index contributed by atoms with van der Waals surface area (Å²) in [5.41, 5.74) is 6.88. The molecule has 0 atom stereocenters. The highest BCUT2D eigenvalue weighted by atomic mass is 16.7. The minimum absolute atomic E-state index is 0.166. The fourth-order valence-corrected chi connectivity index (χ4v) is 4.37. The second-order valence-electron chi connectivity index (χ2n) is 10.5. The van der Waals surface area contributed by atoms with Gasteiger partial charge in [-0.1, -0.05) is 112 Å². The first kappa shape index (κ1) is 25.2. The summed E-state index contributed by atoms with van der Waals surface area (Å²) in [7, 11) is 0. The van der Waals surface area contributed by atoms with E-state index in [9.17, 15) is 4.79 Å². The van der Waals surface area contributed by atoms with Crippen LogP contribution in [0.15, 0.2) is 97.1 Å². The number of benzene rings is 4. The van der Waals surface area contributed by atoms with Gasteiger partial charge in [-0.2, -0.15) is 0 Å². The summed E-state index contributed by atoms with van der Waals surface area (Å²) >= 11 is 0. The molecule has 0 saturated heterocycles. The Morgan fingerprint density at radius 1 is 0.472 bits per heavy atom. The van der Waals surface area contributed by atoms with E-state index >= 15 is 0 Å². The third kappa shape index (κ3) is 5.52. The molecule has 36 heavy (non-hydrogen) atoms. The average molecular weight is 479 g/mol. The SMILES string of the molecule is Cc1ccc(C(C)(C)c2ccc(OC(=O)Oc3ccc(C(C)(C)c4ccc(C)cc4)cc3)cc2)cc1. The van der Waals surface area contributed by atoms with Gasteiger partial charge in [-0.15, -0.1) is 0 Å². The van der Waals surface area contributed by atoms with Crippen LogP contribution in [-0.2, 0) is 10.8 Å². The molecule has 0 bridgehead atoms. The molecule has 0 aliphatic rings.